The van der Waals surface area contributed by atoms with Crippen molar-refractivity contribution in [2.45, 2.75) is 18.9 Å². The van der Waals surface area contributed by atoms with Crippen molar-refractivity contribution in [2.75, 3.05) is 0 Å². The van der Waals surface area contributed by atoms with Crippen molar-refractivity contribution in [3.63, 3.8) is 0 Å². The van der Waals surface area contributed by atoms with E-state index in [1.54, 1.807) is 0 Å². The van der Waals surface area contributed by atoms with Gasteiger partial charge in [-0.15, -0.1) is 6.58 Å². The molecule has 0 spiro atoms. The van der Waals surface area contributed by atoms with Gasteiger partial charge in [-0.1, -0.05) is 48.5 Å². The van der Waals surface area contributed by atoms with Crippen LogP contribution in [0.5, 0.6) is 5.75 Å². The Labute approximate surface area is 125 Å². The number of carbonyl (C=O) groups is 1. The number of rotatable bonds is 4. The molecule has 2 nitrogen and oxygen atoms in total. The summed E-state index contributed by atoms with van der Waals surface area (Å²) in [7, 11) is 0. The predicted octanol–water partition coefficient (Wildman–Crippen LogP) is 4.10. The van der Waals surface area contributed by atoms with Crippen LogP contribution in [-0.4, -0.2) is 6.29 Å². The molecule has 0 aromatic heterocycles. The van der Waals surface area contributed by atoms with Gasteiger partial charge in [-0.05, 0) is 23.6 Å². The van der Waals surface area contributed by atoms with Gasteiger partial charge in [-0.2, -0.15) is 0 Å². The summed E-state index contributed by atoms with van der Waals surface area (Å²) < 4.78 is 5.94. The number of fused-ring (bicyclic) bond motifs is 2. The Balaban J connectivity index is 2.19. The first-order valence-corrected chi connectivity index (χ1v) is 7.21. The lowest BCUT2D eigenvalue weighted by Gasteiger charge is -2.23. The van der Waals surface area contributed by atoms with Crippen LogP contribution in [0.25, 0.3) is 0 Å². The summed E-state index contributed by atoms with van der Waals surface area (Å²) in [6.45, 7) is 4.33. The third-order valence-corrected chi connectivity index (χ3v) is 4.07. The Morgan fingerprint density at radius 2 is 1.86 bits per heavy atom. The molecule has 21 heavy (non-hydrogen) atoms. The van der Waals surface area contributed by atoms with Crippen LogP contribution >= 0.6 is 0 Å². The second kappa shape index (κ2) is 5.96. The maximum atomic E-state index is 11.6. The van der Waals surface area contributed by atoms with Gasteiger partial charge in [0, 0.05) is 17.4 Å². The molecule has 0 fully saturated rings. The minimum atomic E-state index is -0.119. The van der Waals surface area contributed by atoms with Gasteiger partial charge in [0.15, 0.2) is 0 Å². The lowest BCUT2D eigenvalue weighted by atomic mass is 9.78. The van der Waals surface area contributed by atoms with E-state index >= 15 is 0 Å². The van der Waals surface area contributed by atoms with E-state index in [2.05, 4.69) is 24.8 Å². The molecule has 1 heterocycles. The van der Waals surface area contributed by atoms with E-state index < -0.39 is 0 Å². The van der Waals surface area contributed by atoms with Crippen LogP contribution in [0.1, 0.15) is 29.0 Å². The van der Waals surface area contributed by atoms with Crippen molar-refractivity contribution in [3.8, 4) is 5.75 Å². The highest BCUT2D eigenvalue weighted by Gasteiger charge is 2.30. The van der Waals surface area contributed by atoms with Gasteiger partial charge < -0.3 is 9.53 Å². The zero-order valence-corrected chi connectivity index (χ0v) is 11.9. The monoisotopic (exact) mass is 278 g/mol. The van der Waals surface area contributed by atoms with Gasteiger partial charge in [-0.3, -0.25) is 0 Å². The normalized spacial score (nSPS) is 17.6. The van der Waals surface area contributed by atoms with Crippen molar-refractivity contribution >= 4 is 6.29 Å². The van der Waals surface area contributed by atoms with E-state index in [-0.39, 0.29) is 11.8 Å². The first-order valence-electron chi connectivity index (χ1n) is 7.21. The Morgan fingerprint density at radius 3 is 2.62 bits per heavy atom. The third kappa shape index (κ3) is 2.49. The number of allylic oxidation sites excluding steroid dienone is 1. The SMILES string of the molecule is C=CCC(C=O)C1c2ccccc2COc2ccccc21. The molecular weight excluding hydrogens is 260 g/mol. The van der Waals surface area contributed by atoms with Crippen LogP contribution in [0, 0.1) is 5.92 Å². The smallest absolute Gasteiger partial charge is 0.124 e. The van der Waals surface area contributed by atoms with Crippen molar-refractivity contribution in [2.24, 2.45) is 5.92 Å². The second-order valence-corrected chi connectivity index (χ2v) is 5.33. The van der Waals surface area contributed by atoms with Crippen LogP contribution in [0.3, 0.4) is 0 Å². The minimum absolute atomic E-state index is 0.0235. The number of hydrogen-bond acceptors (Lipinski definition) is 2. The second-order valence-electron chi connectivity index (χ2n) is 5.33. The van der Waals surface area contributed by atoms with Gasteiger partial charge in [0.2, 0.25) is 0 Å². The van der Waals surface area contributed by atoms with E-state index in [1.165, 1.54) is 5.56 Å². The molecule has 3 rings (SSSR count). The molecule has 2 unspecified atom stereocenters. The number of aldehydes is 1. The molecule has 1 aliphatic rings. The zero-order valence-electron chi connectivity index (χ0n) is 11.9. The summed E-state index contributed by atoms with van der Waals surface area (Å²) in [5.41, 5.74) is 3.41. The topological polar surface area (TPSA) is 26.3 Å². The molecule has 0 bridgehead atoms. The summed E-state index contributed by atoms with van der Waals surface area (Å²) in [6, 6.07) is 16.2. The van der Waals surface area contributed by atoms with Gasteiger partial charge >= 0.3 is 0 Å². The van der Waals surface area contributed by atoms with Crippen molar-refractivity contribution in [3.05, 3.63) is 77.9 Å². The van der Waals surface area contributed by atoms with Crippen molar-refractivity contribution in [1.29, 1.82) is 0 Å². The summed E-state index contributed by atoms with van der Waals surface area (Å²) in [5, 5.41) is 0. The lowest BCUT2D eigenvalue weighted by Crippen LogP contribution is -2.16. The Bertz CT molecular complexity index is 613. The number of para-hydroxylation sites is 1. The summed E-state index contributed by atoms with van der Waals surface area (Å²) in [5.74, 6) is 0.775. The highest BCUT2D eigenvalue weighted by atomic mass is 16.5. The molecule has 106 valence electrons. The van der Waals surface area contributed by atoms with Crippen molar-refractivity contribution in [1.82, 2.24) is 0 Å². The molecule has 0 saturated heterocycles. The molecule has 2 aromatic rings. The molecular formula is C19H18O2. The van der Waals surface area contributed by atoms with E-state index in [9.17, 15) is 4.79 Å². The fourth-order valence-corrected chi connectivity index (χ4v) is 3.08. The Kier molecular flexibility index (Phi) is 3.87. The van der Waals surface area contributed by atoms with Crippen LogP contribution in [-0.2, 0) is 11.4 Å². The zero-order chi connectivity index (χ0) is 14.7. The maximum Gasteiger partial charge on any atom is 0.124 e. The van der Waals surface area contributed by atoms with Gasteiger partial charge in [0.25, 0.3) is 0 Å². The summed E-state index contributed by atoms with van der Waals surface area (Å²) in [6.07, 6.45) is 3.53. The van der Waals surface area contributed by atoms with Gasteiger partial charge in [0.05, 0.1) is 0 Å². The fourth-order valence-electron chi connectivity index (χ4n) is 3.08. The molecule has 0 radical (unpaired) electrons. The predicted molar refractivity (Wildman–Crippen MR) is 83.4 cm³/mol. The van der Waals surface area contributed by atoms with Gasteiger partial charge in [0.1, 0.15) is 18.6 Å². The average Bonchev–Trinajstić information content (AvgIpc) is 2.70. The largest absolute Gasteiger partial charge is 0.489 e. The average molecular weight is 278 g/mol. The Morgan fingerprint density at radius 1 is 1.14 bits per heavy atom. The van der Waals surface area contributed by atoms with Crippen molar-refractivity contribution < 1.29 is 9.53 Å². The van der Waals surface area contributed by atoms with Gasteiger partial charge in [-0.25, -0.2) is 0 Å². The van der Waals surface area contributed by atoms with E-state index in [0.29, 0.717) is 13.0 Å². The molecule has 0 N–H and O–H groups in total. The van der Waals surface area contributed by atoms with Crippen LogP contribution in [0.15, 0.2) is 61.2 Å². The fraction of sp³-hybridized carbons (Fsp3) is 0.211. The minimum Gasteiger partial charge on any atom is -0.489 e. The Hall–Kier alpha value is -2.35. The van der Waals surface area contributed by atoms with E-state index in [0.717, 1.165) is 23.2 Å². The molecule has 2 atom stereocenters. The molecule has 0 saturated carbocycles. The number of hydrogen-bond donors (Lipinski definition) is 0. The van der Waals surface area contributed by atoms with Crippen LogP contribution in [0.2, 0.25) is 0 Å². The lowest BCUT2D eigenvalue weighted by molar-refractivity contribution is -0.111. The van der Waals surface area contributed by atoms with Crippen LogP contribution < -0.4 is 4.74 Å². The number of ether oxygens (including phenoxy) is 1. The summed E-state index contributed by atoms with van der Waals surface area (Å²) >= 11 is 0. The highest BCUT2D eigenvalue weighted by Crippen LogP contribution is 2.42. The summed E-state index contributed by atoms with van der Waals surface area (Å²) in [4.78, 5) is 11.6. The first kappa shape index (κ1) is 13.6. The molecule has 2 aromatic carbocycles. The first-order chi connectivity index (χ1) is 10.3. The third-order valence-electron chi connectivity index (χ3n) is 4.07. The standard InChI is InChI=1S/C19H18O2/c1-2-7-14(12-20)19-16-9-4-3-8-15(16)13-21-18-11-6-5-10-17(18)19/h2-6,8-12,14,19H,1,7,13H2. The molecule has 1 aliphatic heterocycles. The number of carbonyl (C=O) groups excluding carboxylic acids is 1. The van der Waals surface area contributed by atoms with Crippen LogP contribution in [0.4, 0.5) is 0 Å². The molecule has 2 heteroatoms. The molecule has 0 amide bonds. The van der Waals surface area contributed by atoms with E-state index in [1.807, 2.05) is 36.4 Å². The highest BCUT2D eigenvalue weighted by molar-refractivity contribution is 5.61. The quantitative estimate of drug-likeness (QED) is 0.621. The molecule has 0 aliphatic carbocycles. The maximum absolute atomic E-state index is 11.6. The van der Waals surface area contributed by atoms with E-state index in [4.69, 9.17) is 4.74 Å². The number of benzene rings is 2.